The number of hydrogen-bond donors (Lipinski definition) is 3. The SMILES string of the molecule is Cc1[nH]c2ccccc2c1C(CCO)C1CCNCC1. The van der Waals surface area contributed by atoms with Crippen LogP contribution < -0.4 is 5.32 Å². The van der Waals surface area contributed by atoms with Crippen molar-refractivity contribution in [1.29, 1.82) is 0 Å². The quantitative estimate of drug-likeness (QED) is 0.801. The third-order valence-electron chi connectivity index (χ3n) is 4.71. The monoisotopic (exact) mass is 272 g/mol. The summed E-state index contributed by atoms with van der Waals surface area (Å²) in [6.07, 6.45) is 3.29. The first-order chi connectivity index (χ1) is 9.81. The minimum Gasteiger partial charge on any atom is -0.396 e. The van der Waals surface area contributed by atoms with Gasteiger partial charge >= 0.3 is 0 Å². The second-order valence-electron chi connectivity index (χ2n) is 5.92. The van der Waals surface area contributed by atoms with E-state index in [9.17, 15) is 5.11 Å². The molecule has 0 radical (unpaired) electrons. The largest absolute Gasteiger partial charge is 0.396 e. The van der Waals surface area contributed by atoms with Gasteiger partial charge in [-0.3, -0.25) is 0 Å². The fourth-order valence-electron chi connectivity index (χ4n) is 3.78. The first-order valence-corrected chi connectivity index (χ1v) is 7.70. The maximum atomic E-state index is 9.50. The summed E-state index contributed by atoms with van der Waals surface area (Å²) in [7, 11) is 0. The molecule has 108 valence electrons. The maximum absolute atomic E-state index is 9.50. The highest BCUT2D eigenvalue weighted by atomic mass is 16.3. The summed E-state index contributed by atoms with van der Waals surface area (Å²) < 4.78 is 0. The van der Waals surface area contributed by atoms with E-state index in [-0.39, 0.29) is 6.61 Å². The Morgan fingerprint density at radius 3 is 2.75 bits per heavy atom. The molecule has 20 heavy (non-hydrogen) atoms. The van der Waals surface area contributed by atoms with E-state index in [1.54, 1.807) is 0 Å². The van der Waals surface area contributed by atoms with Crippen LogP contribution in [0.5, 0.6) is 0 Å². The Hall–Kier alpha value is -1.32. The Labute approximate surface area is 120 Å². The summed E-state index contributed by atoms with van der Waals surface area (Å²) in [6.45, 7) is 4.65. The smallest absolute Gasteiger partial charge is 0.0458 e. The molecule has 0 amide bonds. The highest BCUT2D eigenvalue weighted by Gasteiger charge is 2.27. The number of piperidine rings is 1. The van der Waals surface area contributed by atoms with Crippen LogP contribution in [0.2, 0.25) is 0 Å². The number of aromatic nitrogens is 1. The normalized spacial score (nSPS) is 18.5. The molecule has 1 aromatic heterocycles. The van der Waals surface area contributed by atoms with E-state index in [2.05, 4.69) is 41.5 Å². The van der Waals surface area contributed by atoms with E-state index < -0.39 is 0 Å². The molecule has 1 fully saturated rings. The number of rotatable bonds is 4. The summed E-state index contributed by atoms with van der Waals surface area (Å²) >= 11 is 0. The average molecular weight is 272 g/mol. The lowest BCUT2D eigenvalue weighted by Crippen LogP contribution is -2.31. The summed E-state index contributed by atoms with van der Waals surface area (Å²) in [6, 6.07) is 8.54. The highest BCUT2D eigenvalue weighted by molar-refractivity contribution is 5.85. The van der Waals surface area contributed by atoms with Gasteiger partial charge in [0.15, 0.2) is 0 Å². The van der Waals surface area contributed by atoms with Gasteiger partial charge in [0.05, 0.1) is 0 Å². The van der Waals surface area contributed by atoms with Gasteiger partial charge in [-0.2, -0.15) is 0 Å². The van der Waals surface area contributed by atoms with Crippen LogP contribution in [0, 0.1) is 12.8 Å². The van der Waals surface area contributed by atoms with Crippen molar-refractivity contribution >= 4 is 10.9 Å². The summed E-state index contributed by atoms with van der Waals surface area (Å²) in [5.41, 5.74) is 3.92. The first kappa shape index (κ1) is 13.7. The van der Waals surface area contributed by atoms with Crippen LogP contribution in [-0.4, -0.2) is 29.8 Å². The van der Waals surface area contributed by atoms with Gasteiger partial charge in [0.25, 0.3) is 0 Å². The second-order valence-corrected chi connectivity index (χ2v) is 5.92. The van der Waals surface area contributed by atoms with Crippen molar-refractivity contribution in [2.45, 2.75) is 32.1 Å². The molecule has 1 saturated heterocycles. The number of H-pyrrole nitrogens is 1. The predicted molar refractivity (Wildman–Crippen MR) is 83.1 cm³/mol. The van der Waals surface area contributed by atoms with E-state index in [1.807, 2.05) is 0 Å². The van der Waals surface area contributed by atoms with Crippen molar-refractivity contribution in [3.05, 3.63) is 35.5 Å². The molecule has 3 heteroatoms. The molecule has 3 nitrogen and oxygen atoms in total. The van der Waals surface area contributed by atoms with E-state index in [4.69, 9.17) is 0 Å². The zero-order chi connectivity index (χ0) is 13.9. The van der Waals surface area contributed by atoms with Gasteiger partial charge in [0.1, 0.15) is 0 Å². The number of fused-ring (bicyclic) bond motifs is 1. The Morgan fingerprint density at radius 2 is 2.00 bits per heavy atom. The fourth-order valence-corrected chi connectivity index (χ4v) is 3.78. The van der Waals surface area contributed by atoms with Crippen molar-refractivity contribution in [1.82, 2.24) is 10.3 Å². The van der Waals surface area contributed by atoms with Gasteiger partial charge in [0.2, 0.25) is 0 Å². The van der Waals surface area contributed by atoms with Gasteiger partial charge in [-0.15, -0.1) is 0 Å². The van der Waals surface area contributed by atoms with Crippen molar-refractivity contribution in [2.75, 3.05) is 19.7 Å². The van der Waals surface area contributed by atoms with Crippen LogP contribution in [0.4, 0.5) is 0 Å². The number of para-hydroxylation sites is 1. The molecule has 3 rings (SSSR count). The number of hydrogen-bond acceptors (Lipinski definition) is 2. The van der Waals surface area contributed by atoms with Crippen molar-refractivity contribution in [2.24, 2.45) is 5.92 Å². The van der Waals surface area contributed by atoms with Crippen LogP contribution in [0.1, 0.15) is 36.4 Å². The lowest BCUT2D eigenvalue weighted by Gasteiger charge is -2.31. The molecule has 1 atom stereocenters. The Bertz CT molecular complexity index is 569. The topological polar surface area (TPSA) is 48.0 Å². The average Bonchev–Trinajstić information content (AvgIpc) is 2.82. The van der Waals surface area contributed by atoms with Crippen molar-refractivity contribution in [3.8, 4) is 0 Å². The molecule has 0 aliphatic carbocycles. The van der Waals surface area contributed by atoms with E-state index in [0.717, 1.165) is 19.5 Å². The zero-order valence-electron chi connectivity index (χ0n) is 12.2. The van der Waals surface area contributed by atoms with Gasteiger partial charge < -0.3 is 15.4 Å². The molecule has 2 aromatic rings. The molecule has 3 N–H and O–H groups in total. The van der Waals surface area contributed by atoms with Gasteiger partial charge in [-0.05, 0) is 62.7 Å². The molecular weight excluding hydrogens is 248 g/mol. The number of aliphatic hydroxyl groups excluding tert-OH is 1. The van der Waals surface area contributed by atoms with E-state index >= 15 is 0 Å². The lowest BCUT2D eigenvalue weighted by molar-refractivity contribution is 0.234. The molecule has 0 spiro atoms. The molecule has 2 heterocycles. The van der Waals surface area contributed by atoms with Crippen LogP contribution >= 0.6 is 0 Å². The Morgan fingerprint density at radius 1 is 1.25 bits per heavy atom. The number of aliphatic hydroxyl groups is 1. The number of nitrogens with one attached hydrogen (secondary N) is 2. The zero-order valence-corrected chi connectivity index (χ0v) is 12.2. The van der Waals surface area contributed by atoms with Crippen LogP contribution in [0.15, 0.2) is 24.3 Å². The molecule has 1 aliphatic rings. The Balaban J connectivity index is 2.01. The van der Waals surface area contributed by atoms with Crippen LogP contribution in [-0.2, 0) is 0 Å². The van der Waals surface area contributed by atoms with E-state index in [1.165, 1.54) is 35.0 Å². The van der Waals surface area contributed by atoms with Crippen molar-refractivity contribution in [3.63, 3.8) is 0 Å². The number of benzene rings is 1. The minimum absolute atomic E-state index is 0.271. The van der Waals surface area contributed by atoms with Crippen molar-refractivity contribution < 1.29 is 5.11 Å². The molecule has 1 aliphatic heterocycles. The molecule has 0 bridgehead atoms. The summed E-state index contributed by atoms with van der Waals surface area (Å²) in [5.74, 6) is 1.15. The molecule has 1 aromatic carbocycles. The third kappa shape index (κ3) is 2.48. The summed E-state index contributed by atoms with van der Waals surface area (Å²) in [5, 5.41) is 14.3. The van der Waals surface area contributed by atoms with E-state index in [0.29, 0.717) is 11.8 Å². The lowest BCUT2D eigenvalue weighted by atomic mass is 9.77. The second kappa shape index (κ2) is 5.98. The maximum Gasteiger partial charge on any atom is 0.0458 e. The summed E-state index contributed by atoms with van der Waals surface area (Å²) in [4.78, 5) is 3.51. The standard InChI is InChI=1S/C17H24N2O/c1-12-17(15-4-2-3-5-16(15)19-12)14(8-11-20)13-6-9-18-10-7-13/h2-5,13-14,18-20H,6-11H2,1H3. The number of aromatic amines is 1. The molecule has 0 saturated carbocycles. The predicted octanol–water partition coefficient (Wildman–Crippen LogP) is 2.94. The molecular formula is C17H24N2O. The van der Waals surface area contributed by atoms with Gasteiger partial charge in [0, 0.05) is 23.2 Å². The van der Waals surface area contributed by atoms with Gasteiger partial charge in [-0.1, -0.05) is 18.2 Å². The fraction of sp³-hybridized carbons (Fsp3) is 0.529. The first-order valence-electron chi connectivity index (χ1n) is 7.70. The minimum atomic E-state index is 0.271. The molecule has 1 unspecified atom stereocenters. The Kier molecular flexibility index (Phi) is 4.08. The van der Waals surface area contributed by atoms with Crippen LogP contribution in [0.25, 0.3) is 10.9 Å². The van der Waals surface area contributed by atoms with Crippen LogP contribution in [0.3, 0.4) is 0 Å². The highest BCUT2D eigenvalue weighted by Crippen LogP contribution is 2.39. The van der Waals surface area contributed by atoms with Gasteiger partial charge in [-0.25, -0.2) is 0 Å². The number of aryl methyl sites for hydroxylation is 1. The third-order valence-corrected chi connectivity index (χ3v) is 4.71.